The van der Waals surface area contributed by atoms with Crippen molar-refractivity contribution in [1.29, 1.82) is 0 Å². The van der Waals surface area contributed by atoms with Crippen LogP contribution in [0.4, 0.5) is 4.39 Å². The fourth-order valence-corrected chi connectivity index (χ4v) is 3.42. The highest BCUT2D eigenvalue weighted by atomic mass is 19.1. The highest BCUT2D eigenvalue weighted by Crippen LogP contribution is 2.26. The summed E-state index contributed by atoms with van der Waals surface area (Å²) in [6.07, 6.45) is 3.65. The Morgan fingerprint density at radius 1 is 1.22 bits per heavy atom. The third-order valence-corrected chi connectivity index (χ3v) is 4.82. The van der Waals surface area contributed by atoms with Crippen LogP contribution in [0.15, 0.2) is 60.9 Å². The van der Waals surface area contributed by atoms with E-state index in [1.807, 2.05) is 29.1 Å². The Hall–Kier alpha value is -2.70. The molecule has 0 aliphatic carbocycles. The lowest BCUT2D eigenvalue weighted by atomic mass is 10.1. The molecular formula is C21H22FN3O2. The van der Waals surface area contributed by atoms with Crippen molar-refractivity contribution in [2.75, 3.05) is 26.8 Å². The molecule has 3 aromatic rings. The number of morpholine rings is 1. The minimum atomic E-state index is -0.230. The van der Waals surface area contributed by atoms with E-state index < -0.39 is 0 Å². The lowest BCUT2D eigenvalue weighted by molar-refractivity contribution is -0.0329. The van der Waals surface area contributed by atoms with Crippen LogP contribution in [0.1, 0.15) is 17.2 Å². The number of aromatic nitrogens is 2. The molecule has 0 amide bonds. The Bertz CT molecular complexity index is 881. The van der Waals surface area contributed by atoms with E-state index in [-0.39, 0.29) is 11.9 Å². The topological polar surface area (TPSA) is 39.5 Å². The van der Waals surface area contributed by atoms with Crippen molar-refractivity contribution < 1.29 is 13.9 Å². The maximum Gasteiger partial charge on any atom is 0.123 e. The van der Waals surface area contributed by atoms with Gasteiger partial charge in [0.2, 0.25) is 0 Å². The smallest absolute Gasteiger partial charge is 0.123 e. The van der Waals surface area contributed by atoms with Crippen molar-refractivity contribution in [2.45, 2.75) is 12.6 Å². The van der Waals surface area contributed by atoms with Gasteiger partial charge in [-0.25, -0.2) is 9.07 Å². The van der Waals surface area contributed by atoms with Crippen LogP contribution in [0.25, 0.3) is 5.69 Å². The summed E-state index contributed by atoms with van der Waals surface area (Å²) in [4.78, 5) is 2.35. The molecule has 0 unspecified atom stereocenters. The number of nitrogens with zero attached hydrogens (tertiary/aromatic N) is 3. The van der Waals surface area contributed by atoms with E-state index in [0.717, 1.165) is 42.2 Å². The highest BCUT2D eigenvalue weighted by molar-refractivity contribution is 5.45. The fourth-order valence-electron chi connectivity index (χ4n) is 3.42. The lowest BCUT2D eigenvalue weighted by Gasteiger charge is -2.33. The number of methoxy groups -OCH3 is 1. The number of halogens is 1. The zero-order valence-electron chi connectivity index (χ0n) is 15.2. The molecule has 2 aromatic carbocycles. The number of ether oxygens (including phenoxy) is 2. The number of hydrogen-bond donors (Lipinski definition) is 0. The molecule has 1 fully saturated rings. The van der Waals surface area contributed by atoms with Crippen LogP contribution in [0.3, 0.4) is 0 Å². The van der Waals surface area contributed by atoms with Crippen molar-refractivity contribution in [1.82, 2.24) is 14.7 Å². The fraction of sp³-hybridized carbons (Fsp3) is 0.286. The molecule has 1 aromatic heterocycles. The highest BCUT2D eigenvalue weighted by Gasteiger charge is 2.23. The zero-order chi connectivity index (χ0) is 18.6. The molecule has 1 atom stereocenters. The van der Waals surface area contributed by atoms with E-state index in [4.69, 9.17) is 9.47 Å². The second kappa shape index (κ2) is 7.90. The molecule has 27 heavy (non-hydrogen) atoms. The Balaban J connectivity index is 1.55. The summed E-state index contributed by atoms with van der Waals surface area (Å²) >= 11 is 0. The van der Waals surface area contributed by atoms with E-state index in [0.29, 0.717) is 6.61 Å². The second-order valence-electron chi connectivity index (χ2n) is 6.59. The maximum absolute atomic E-state index is 13.2. The van der Waals surface area contributed by atoms with Gasteiger partial charge in [-0.2, -0.15) is 5.10 Å². The molecule has 0 saturated carbocycles. The van der Waals surface area contributed by atoms with Crippen LogP contribution in [0.2, 0.25) is 0 Å². The molecule has 1 aliphatic heterocycles. The molecule has 0 N–H and O–H groups in total. The molecule has 0 spiro atoms. The van der Waals surface area contributed by atoms with Gasteiger partial charge in [0.05, 0.1) is 25.5 Å². The number of rotatable bonds is 5. The van der Waals surface area contributed by atoms with Gasteiger partial charge < -0.3 is 9.47 Å². The van der Waals surface area contributed by atoms with Crippen LogP contribution in [-0.2, 0) is 11.3 Å². The Kier molecular flexibility index (Phi) is 5.18. The van der Waals surface area contributed by atoms with E-state index >= 15 is 0 Å². The molecule has 1 aliphatic rings. The van der Waals surface area contributed by atoms with Gasteiger partial charge in [0.1, 0.15) is 11.6 Å². The van der Waals surface area contributed by atoms with Gasteiger partial charge in [0.15, 0.2) is 0 Å². The average Bonchev–Trinajstić information content (AvgIpc) is 3.23. The monoisotopic (exact) mass is 367 g/mol. The van der Waals surface area contributed by atoms with Gasteiger partial charge in [-0.15, -0.1) is 0 Å². The summed E-state index contributed by atoms with van der Waals surface area (Å²) < 4.78 is 26.4. The van der Waals surface area contributed by atoms with Crippen LogP contribution in [0, 0.1) is 5.82 Å². The molecular weight excluding hydrogens is 345 g/mol. The SMILES string of the molecule is COc1ccc(-n2cccn2)c(CN2CCO[C@@H](c3ccc(F)cc3)C2)c1. The van der Waals surface area contributed by atoms with Crippen LogP contribution >= 0.6 is 0 Å². The first kappa shape index (κ1) is 17.7. The third-order valence-electron chi connectivity index (χ3n) is 4.82. The number of benzene rings is 2. The molecule has 0 radical (unpaired) electrons. The number of hydrogen-bond acceptors (Lipinski definition) is 4. The maximum atomic E-state index is 13.2. The van der Waals surface area contributed by atoms with E-state index in [1.165, 1.54) is 12.1 Å². The van der Waals surface area contributed by atoms with Crippen molar-refractivity contribution in [3.63, 3.8) is 0 Å². The summed E-state index contributed by atoms with van der Waals surface area (Å²) in [7, 11) is 1.67. The summed E-state index contributed by atoms with van der Waals surface area (Å²) in [5, 5.41) is 4.36. The second-order valence-corrected chi connectivity index (χ2v) is 6.59. The van der Waals surface area contributed by atoms with Gasteiger partial charge in [-0.05, 0) is 47.5 Å². The van der Waals surface area contributed by atoms with Crippen LogP contribution < -0.4 is 4.74 Å². The van der Waals surface area contributed by atoms with Gasteiger partial charge in [-0.3, -0.25) is 4.90 Å². The molecule has 140 valence electrons. The first-order valence-electron chi connectivity index (χ1n) is 8.99. The zero-order valence-corrected chi connectivity index (χ0v) is 15.2. The summed E-state index contributed by atoms with van der Waals surface area (Å²) in [5.74, 6) is 0.593. The predicted molar refractivity (Wildman–Crippen MR) is 100 cm³/mol. The standard InChI is InChI=1S/C21H22FN3O2/c1-26-19-7-8-20(25-10-2-9-23-25)17(13-19)14-24-11-12-27-21(15-24)16-3-5-18(22)6-4-16/h2-10,13,21H,11-12,14-15H2,1H3/t21-/m1/s1. The average molecular weight is 367 g/mol. The Morgan fingerprint density at radius 2 is 2.07 bits per heavy atom. The van der Waals surface area contributed by atoms with E-state index in [2.05, 4.69) is 16.1 Å². The molecule has 5 nitrogen and oxygen atoms in total. The summed E-state index contributed by atoms with van der Waals surface area (Å²) in [6.45, 7) is 2.99. The van der Waals surface area contributed by atoms with Gasteiger partial charge in [0.25, 0.3) is 0 Å². The third kappa shape index (κ3) is 4.02. The van der Waals surface area contributed by atoms with Gasteiger partial charge in [-0.1, -0.05) is 12.1 Å². The van der Waals surface area contributed by atoms with Crippen LogP contribution in [-0.4, -0.2) is 41.5 Å². The first-order valence-corrected chi connectivity index (χ1v) is 8.99. The largest absolute Gasteiger partial charge is 0.497 e. The quantitative estimate of drug-likeness (QED) is 0.691. The van der Waals surface area contributed by atoms with Gasteiger partial charge in [0, 0.05) is 32.0 Å². The van der Waals surface area contributed by atoms with Crippen molar-refractivity contribution in [2.24, 2.45) is 0 Å². The molecule has 2 heterocycles. The normalized spacial score (nSPS) is 17.8. The van der Waals surface area contributed by atoms with Gasteiger partial charge >= 0.3 is 0 Å². The van der Waals surface area contributed by atoms with E-state index in [1.54, 1.807) is 25.4 Å². The molecule has 6 heteroatoms. The van der Waals surface area contributed by atoms with Crippen molar-refractivity contribution in [3.05, 3.63) is 77.9 Å². The van der Waals surface area contributed by atoms with E-state index in [9.17, 15) is 4.39 Å². The summed E-state index contributed by atoms with van der Waals surface area (Å²) in [6, 6.07) is 14.5. The molecule has 4 rings (SSSR count). The molecule has 1 saturated heterocycles. The summed E-state index contributed by atoms with van der Waals surface area (Å²) in [5.41, 5.74) is 3.17. The predicted octanol–water partition coefficient (Wildman–Crippen LogP) is 3.59. The molecule has 0 bridgehead atoms. The van der Waals surface area contributed by atoms with Crippen molar-refractivity contribution >= 4 is 0 Å². The Morgan fingerprint density at radius 3 is 2.81 bits per heavy atom. The minimum absolute atomic E-state index is 0.0573. The lowest BCUT2D eigenvalue weighted by Crippen LogP contribution is -2.38. The first-order chi connectivity index (χ1) is 13.2. The van der Waals surface area contributed by atoms with Crippen LogP contribution in [0.5, 0.6) is 5.75 Å². The Labute approximate surface area is 157 Å². The minimum Gasteiger partial charge on any atom is -0.497 e. The van der Waals surface area contributed by atoms with Crippen molar-refractivity contribution in [3.8, 4) is 11.4 Å².